The first-order valence-corrected chi connectivity index (χ1v) is 6.14. The zero-order valence-corrected chi connectivity index (χ0v) is 10.6. The second-order valence-corrected chi connectivity index (χ2v) is 4.66. The molecule has 0 amide bonds. The Bertz CT molecular complexity index is 229. The maximum atomic E-state index is 11.8. The molecule has 18 heavy (non-hydrogen) atoms. The summed E-state index contributed by atoms with van der Waals surface area (Å²) in [6.07, 6.45) is -4.58. The molecule has 1 aliphatic heterocycles. The predicted octanol–water partition coefficient (Wildman–Crippen LogP) is 0.564. The summed E-state index contributed by atoms with van der Waals surface area (Å²) in [5, 5.41) is 9.24. The SMILES string of the molecule is CC(O)CN1CCN(CCOCC(F)(F)F)CC1. The topological polar surface area (TPSA) is 35.9 Å². The monoisotopic (exact) mass is 270 g/mol. The third-order valence-electron chi connectivity index (χ3n) is 2.80. The molecule has 1 rings (SSSR count). The Morgan fingerprint density at radius 1 is 1.17 bits per heavy atom. The van der Waals surface area contributed by atoms with Gasteiger partial charge in [-0.2, -0.15) is 13.2 Å². The molecular weight excluding hydrogens is 249 g/mol. The van der Waals surface area contributed by atoms with Crippen LogP contribution in [0.4, 0.5) is 13.2 Å². The first-order chi connectivity index (χ1) is 8.37. The van der Waals surface area contributed by atoms with Crippen LogP contribution in [0.5, 0.6) is 0 Å². The molecule has 0 radical (unpaired) electrons. The Kier molecular flexibility index (Phi) is 6.34. The van der Waals surface area contributed by atoms with E-state index in [1.165, 1.54) is 0 Å². The van der Waals surface area contributed by atoms with Crippen LogP contribution in [-0.4, -0.2) is 79.7 Å². The third-order valence-corrected chi connectivity index (χ3v) is 2.80. The van der Waals surface area contributed by atoms with Gasteiger partial charge in [-0.15, -0.1) is 0 Å². The maximum absolute atomic E-state index is 11.8. The number of hydrogen-bond donors (Lipinski definition) is 1. The zero-order chi connectivity index (χ0) is 13.6. The van der Waals surface area contributed by atoms with Gasteiger partial charge < -0.3 is 9.84 Å². The lowest BCUT2D eigenvalue weighted by atomic mass is 10.3. The first kappa shape index (κ1) is 15.7. The summed E-state index contributed by atoms with van der Waals surface area (Å²) >= 11 is 0. The highest BCUT2D eigenvalue weighted by molar-refractivity contribution is 4.72. The van der Waals surface area contributed by atoms with Crippen LogP contribution in [0.2, 0.25) is 0 Å². The summed E-state index contributed by atoms with van der Waals surface area (Å²) in [4.78, 5) is 4.23. The van der Waals surface area contributed by atoms with Crippen molar-refractivity contribution in [1.82, 2.24) is 9.80 Å². The van der Waals surface area contributed by atoms with E-state index < -0.39 is 12.8 Å². The number of halogens is 3. The van der Waals surface area contributed by atoms with Crippen molar-refractivity contribution in [3.8, 4) is 0 Å². The third kappa shape index (κ3) is 7.15. The van der Waals surface area contributed by atoms with E-state index in [1.807, 2.05) is 0 Å². The summed E-state index contributed by atoms with van der Waals surface area (Å²) in [6, 6.07) is 0. The van der Waals surface area contributed by atoms with Crippen molar-refractivity contribution in [2.24, 2.45) is 0 Å². The van der Waals surface area contributed by atoms with Crippen molar-refractivity contribution in [3.63, 3.8) is 0 Å². The van der Waals surface area contributed by atoms with Gasteiger partial charge in [0, 0.05) is 39.3 Å². The minimum absolute atomic E-state index is 0.107. The van der Waals surface area contributed by atoms with Crippen LogP contribution in [0, 0.1) is 0 Å². The number of nitrogens with zero attached hydrogens (tertiary/aromatic N) is 2. The van der Waals surface area contributed by atoms with Gasteiger partial charge in [-0.1, -0.05) is 0 Å². The molecule has 0 aromatic heterocycles. The van der Waals surface area contributed by atoms with Crippen LogP contribution in [0.1, 0.15) is 6.92 Å². The summed E-state index contributed by atoms with van der Waals surface area (Å²) in [6.45, 7) is 5.15. The highest BCUT2D eigenvalue weighted by Crippen LogP contribution is 2.14. The smallest absolute Gasteiger partial charge is 0.392 e. The molecule has 0 spiro atoms. The second-order valence-electron chi connectivity index (χ2n) is 4.66. The van der Waals surface area contributed by atoms with Gasteiger partial charge in [0.2, 0.25) is 0 Å². The van der Waals surface area contributed by atoms with E-state index in [1.54, 1.807) is 6.92 Å². The van der Waals surface area contributed by atoms with Crippen molar-refractivity contribution in [2.75, 3.05) is 52.5 Å². The van der Waals surface area contributed by atoms with Crippen molar-refractivity contribution in [1.29, 1.82) is 0 Å². The van der Waals surface area contributed by atoms with Crippen LogP contribution in [0.25, 0.3) is 0 Å². The summed E-state index contributed by atoms with van der Waals surface area (Å²) in [5.41, 5.74) is 0. The molecule has 1 saturated heterocycles. The molecule has 1 heterocycles. The van der Waals surface area contributed by atoms with Gasteiger partial charge in [-0.25, -0.2) is 0 Å². The molecule has 108 valence electrons. The summed E-state index contributed by atoms with van der Waals surface area (Å²) < 4.78 is 40.0. The number of alkyl halides is 3. The van der Waals surface area contributed by atoms with Gasteiger partial charge in [-0.05, 0) is 6.92 Å². The van der Waals surface area contributed by atoms with E-state index >= 15 is 0 Å². The number of β-amino-alcohol motifs (C(OH)–C–C–N with tert-alkyl or cyclic N) is 1. The number of rotatable bonds is 6. The Hall–Kier alpha value is -0.370. The normalized spacial score (nSPS) is 21.2. The molecular formula is C11H21F3N2O2. The average Bonchev–Trinajstić information content (AvgIpc) is 2.24. The maximum Gasteiger partial charge on any atom is 0.411 e. The highest BCUT2D eigenvalue weighted by Gasteiger charge is 2.27. The largest absolute Gasteiger partial charge is 0.411 e. The fraction of sp³-hybridized carbons (Fsp3) is 1.00. The molecule has 0 aromatic rings. The van der Waals surface area contributed by atoms with Gasteiger partial charge >= 0.3 is 6.18 Å². The van der Waals surface area contributed by atoms with Gasteiger partial charge in [-0.3, -0.25) is 9.80 Å². The van der Waals surface area contributed by atoms with Crippen molar-refractivity contribution < 1.29 is 23.0 Å². The fourth-order valence-corrected chi connectivity index (χ4v) is 1.95. The zero-order valence-electron chi connectivity index (χ0n) is 10.6. The fourth-order valence-electron chi connectivity index (χ4n) is 1.95. The molecule has 0 bridgehead atoms. The lowest BCUT2D eigenvalue weighted by Crippen LogP contribution is -2.49. The van der Waals surface area contributed by atoms with E-state index in [0.717, 1.165) is 26.2 Å². The van der Waals surface area contributed by atoms with E-state index in [-0.39, 0.29) is 12.7 Å². The summed E-state index contributed by atoms with van der Waals surface area (Å²) in [7, 11) is 0. The quantitative estimate of drug-likeness (QED) is 0.716. The van der Waals surface area contributed by atoms with Crippen molar-refractivity contribution >= 4 is 0 Å². The molecule has 7 heteroatoms. The molecule has 0 aromatic carbocycles. The van der Waals surface area contributed by atoms with E-state index in [0.29, 0.717) is 13.1 Å². The van der Waals surface area contributed by atoms with Gasteiger partial charge in [0.25, 0.3) is 0 Å². The molecule has 1 unspecified atom stereocenters. The van der Waals surface area contributed by atoms with Gasteiger partial charge in [0.05, 0.1) is 12.7 Å². The van der Waals surface area contributed by atoms with Crippen LogP contribution >= 0.6 is 0 Å². The van der Waals surface area contributed by atoms with E-state index in [4.69, 9.17) is 0 Å². The van der Waals surface area contributed by atoms with E-state index in [2.05, 4.69) is 14.5 Å². The minimum Gasteiger partial charge on any atom is -0.392 e. The number of aliphatic hydroxyl groups excluding tert-OH is 1. The number of piperazine rings is 1. The van der Waals surface area contributed by atoms with Gasteiger partial charge in [0.1, 0.15) is 6.61 Å². The van der Waals surface area contributed by atoms with Crippen LogP contribution in [0.3, 0.4) is 0 Å². The lowest BCUT2D eigenvalue weighted by molar-refractivity contribution is -0.174. The van der Waals surface area contributed by atoms with Gasteiger partial charge in [0.15, 0.2) is 0 Å². The molecule has 1 aliphatic rings. The predicted molar refractivity (Wildman–Crippen MR) is 61.4 cm³/mol. The number of aliphatic hydroxyl groups is 1. The Labute approximate surface area is 105 Å². The molecule has 1 atom stereocenters. The second kappa shape index (κ2) is 7.28. The van der Waals surface area contributed by atoms with Crippen molar-refractivity contribution in [2.45, 2.75) is 19.2 Å². The van der Waals surface area contributed by atoms with Crippen LogP contribution < -0.4 is 0 Å². The molecule has 4 nitrogen and oxygen atoms in total. The average molecular weight is 270 g/mol. The first-order valence-electron chi connectivity index (χ1n) is 6.14. The van der Waals surface area contributed by atoms with Crippen LogP contribution in [0.15, 0.2) is 0 Å². The molecule has 1 N–H and O–H groups in total. The highest BCUT2D eigenvalue weighted by atomic mass is 19.4. The standard InChI is InChI=1S/C11H21F3N2O2/c1-10(17)8-16-4-2-15(3-5-16)6-7-18-9-11(12,13)14/h10,17H,2-9H2,1H3. The minimum atomic E-state index is -4.24. The molecule has 1 fully saturated rings. The van der Waals surface area contributed by atoms with Crippen molar-refractivity contribution in [3.05, 3.63) is 0 Å². The number of ether oxygens (including phenoxy) is 1. The summed E-state index contributed by atoms with van der Waals surface area (Å²) in [5.74, 6) is 0. The Morgan fingerprint density at radius 3 is 2.22 bits per heavy atom. The molecule has 0 aliphatic carbocycles. The van der Waals surface area contributed by atoms with Crippen LogP contribution in [-0.2, 0) is 4.74 Å². The lowest BCUT2D eigenvalue weighted by Gasteiger charge is -2.35. The number of hydrogen-bond acceptors (Lipinski definition) is 4. The Balaban J connectivity index is 2.05. The Morgan fingerprint density at radius 2 is 1.72 bits per heavy atom. The molecule has 0 saturated carbocycles. The van der Waals surface area contributed by atoms with E-state index in [9.17, 15) is 18.3 Å².